The van der Waals surface area contributed by atoms with Crippen LogP contribution < -0.4 is 0 Å². The first-order valence-electron chi connectivity index (χ1n) is 19.1. The largest absolute Gasteiger partial charge is 0.208 e. The molecule has 0 amide bonds. The third kappa shape index (κ3) is 4.93. The number of rotatable bonds is 5. The first-order valence-corrected chi connectivity index (χ1v) is 19.1. The monoisotopic (exact) mass is 701 g/mol. The van der Waals surface area contributed by atoms with Crippen LogP contribution in [0.15, 0.2) is 194 Å². The SMILES string of the molecule is C1=CC2=C(CC1)c1ccc(-c3cccc(-c4cccc(-c5nc(-c6ccccc6)nc(-c6ccccc6)n5)c4)c3)cc1C21c2ccccc2-c2ccccc21. The van der Waals surface area contributed by atoms with Gasteiger partial charge in [0.25, 0.3) is 0 Å². The fourth-order valence-electron chi connectivity index (χ4n) is 9.21. The van der Waals surface area contributed by atoms with Crippen molar-refractivity contribution in [3.05, 3.63) is 216 Å². The van der Waals surface area contributed by atoms with Crippen molar-refractivity contribution in [2.24, 2.45) is 0 Å². The summed E-state index contributed by atoms with van der Waals surface area (Å²) in [6, 6.07) is 63.1. The normalized spacial score (nSPS) is 14.4. The van der Waals surface area contributed by atoms with Gasteiger partial charge in [-0.15, -0.1) is 0 Å². The minimum absolute atomic E-state index is 0.321. The van der Waals surface area contributed by atoms with Gasteiger partial charge >= 0.3 is 0 Å². The predicted molar refractivity (Wildman–Crippen MR) is 224 cm³/mol. The molecule has 55 heavy (non-hydrogen) atoms. The van der Waals surface area contributed by atoms with E-state index in [9.17, 15) is 0 Å². The molecule has 0 saturated carbocycles. The number of allylic oxidation sites excluding steroid dienone is 4. The van der Waals surface area contributed by atoms with Gasteiger partial charge in [0.05, 0.1) is 5.41 Å². The summed E-state index contributed by atoms with van der Waals surface area (Å²) in [6.07, 6.45) is 6.93. The predicted octanol–water partition coefficient (Wildman–Crippen LogP) is 12.6. The molecule has 258 valence electrons. The Morgan fingerprint density at radius 1 is 0.364 bits per heavy atom. The average Bonchev–Trinajstić information content (AvgIpc) is 3.74. The number of hydrogen-bond donors (Lipinski definition) is 0. The highest BCUT2D eigenvalue weighted by molar-refractivity contribution is 5.97. The number of benzene rings is 7. The number of nitrogens with zero attached hydrogens (tertiary/aromatic N) is 3. The van der Waals surface area contributed by atoms with Gasteiger partial charge in [-0.3, -0.25) is 0 Å². The molecule has 1 heterocycles. The summed E-state index contributed by atoms with van der Waals surface area (Å²) in [6.45, 7) is 0. The van der Waals surface area contributed by atoms with Crippen molar-refractivity contribution >= 4 is 5.57 Å². The zero-order chi connectivity index (χ0) is 36.3. The maximum atomic E-state index is 5.00. The van der Waals surface area contributed by atoms with E-state index in [2.05, 4.69) is 127 Å². The van der Waals surface area contributed by atoms with E-state index in [4.69, 9.17) is 15.0 Å². The topological polar surface area (TPSA) is 38.7 Å². The van der Waals surface area contributed by atoms with Crippen LogP contribution in [0.1, 0.15) is 35.1 Å². The van der Waals surface area contributed by atoms with Crippen molar-refractivity contribution < 1.29 is 0 Å². The summed E-state index contributed by atoms with van der Waals surface area (Å²) >= 11 is 0. The van der Waals surface area contributed by atoms with E-state index in [-0.39, 0.29) is 5.41 Å². The van der Waals surface area contributed by atoms with Crippen LogP contribution >= 0.6 is 0 Å². The lowest BCUT2D eigenvalue weighted by molar-refractivity contribution is 0.781. The van der Waals surface area contributed by atoms with E-state index in [1.807, 2.05) is 60.7 Å². The smallest absolute Gasteiger partial charge is 0.164 e. The standard InChI is InChI=1S/C52H35N3/c1-3-15-34(16-4-1)49-53-50(35-17-5-2-6-18-35)55-51(54-49)40-22-14-21-38(32-40)36-19-13-20-37(31-36)39-29-30-44-43-25-9-12-28-47(43)52(48(44)33-39)45-26-10-7-23-41(45)42-24-8-11-27-46(42)52/h1-8,10-24,26-33H,9,25H2. The summed E-state index contributed by atoms with van der Waals surface area (Å²) in [5.74, 6) is 1.97. The summed E-state index contributed by atoms with van der Waals surface area (Å²) in [4.78, 5) is 14.9. The lowest BCUT2D eigenvalue weighted by Gasteiger charge is -2.32. The van der Waals surface area contributed by atoms with E-state index < -0.39 is 0 Å². The molecule has 1 spiro atoms. The van der Waals surface area contributed by atoms with Crippen LogP contribution in [0.5, 0.6) is 0 Å². The molecule has 0 saturated heterocycles. The lowest BCUT2D eigenvalue weighted by Crippen LogP contribution is -2.27. The molecule has 3 aliphatic rings. The molecular formula is C52H35N3. The van der Waals surface area contributed by atoms with Crippen LogP contribution in [-0.4, -0.2) is 15.0 Å². The van der Waals surface area contributed by atoms with Gasteiger partial charge in [0.2, 0.25) is 0 Å². The first-order chi connectivity index (χ1) is 27.3. The molecule has 0 radical (unpaired) electrons. The van der Waals surface area contributed by atoms with Crippen LogP contribution in [-0.2, 0) is 5.41 Å². The molecule has 3 heteroatoms. The lowest BCUT2D eigenvalue weighted by atomic mass is 9.69. The third-order valence-corrected chi connectivity index (χ3v) is 11.6. The second-order valence-electron chi connectivity index (χ2n) is 14.6. The number of fused-ring (bicyclic) bond motifs is 9. The molecule has 0 unspecified atom stereocenters. The van der Waals surface area contributed by atoms with Gasteiger partial charge in [-0.1, -0.05) is 170 Å². The fraction of sp³-hybridized carbons (Fsp3) is 0.0577. The Morgan fingerprint density at radius 3 is 1.44 bits per heavy atom. The molecule has 0 bridgehead atoms. The molecule has 0 aliphatic heterocycles. The Labute approximate surface area is 321 Å². The van der Waals surface area contributed by atoms with Crippen molar-refractivity contribution in [1.29, 1.82) is 0 Å². The highest BCUT2D eigenvalue weighted by atomic mass is 15.0. The minimum Gasteiger partial charge on any atom is -0.208 e. The molecule has 3 nitrogen and oxygen atoms in total. The van der Waals surface area contributed by atoms with Crippen molar-refractivity contribution in [3.8, 4) is 67.5 Å². The van der Waals surface area contributed by atoms with Crippen LogP contribution in [0.25, 0.3) is 73.1 Å². The van der Waals surface area contributed by atoms with Gasteiger partial charge in [0, 0.05) is 16.7 Å². The number of aromatic nitrogens is 3. The van der Waals surface area contributed by atoms with Crippen molar-refractivity contribution in [1.82, 2.24) is 15.0 Å². The highest BCUT2D eigenvalue weighted by Gasteiger charge is 2.52. The Kier molecular flexibility index (Phi) is 7.21. The van der Waals surface area contributed by atoms with E-state index in [0.717, 1.165) is 40.7 Å². The van der Waals surface area contributed by atoms with Gasteiger partial charge in [0.15, 0.2) is 17.5 Å². The molecule has 1 aromatic heterocycles. The van der Waals surface area contributed by atoms with Gasteiger partial charge in [-0.05, 0) is 97.8 Å². The van der Waals surface area contributed by atoms with Gasteiger partial charge in [-0.2, -0.15) is 0 Å². The first kappa shape index (κ1) is 31.5. The molecule has 3 aliphatic carbocycles. The van der Waals surface area contributed by atoms with E-state index in [1.54, 1.807) is 0 Å². The summed E-state index contributed by atoms with van der Waals surface area (Å²) < 4.78 is 0. The van der Waals surface area contributed by atoms with Crippen LogP contribution in [0.3, 0.4) is 0 Å². The highest BCUT2D eigenvalue weighted by Crippen LogP contribution is 2.63. The molecule has 0 atom stereocenters. The van der Waals surface area contributed by atoms with Crippen LogP contribution in [0.2, 0.25) is 0 Å². The van der Waals surface area contributed by atoms with E-state index in [0.29, 0.717) is 17.5 Å². The quantitative estimate of drug-likeness (QED) is 0.179. The Bertz CT molecular complexity index is 2760. The van der Waals surface area contributed by atoms with Crippen LogP contribution in [0, 0.1) is 0 Å². The van der Waals surface area contributed by atoms with Gasteiger partial charge in [0.1, 0.15) is 0 Å². The molecule has 7 aromatic carbocycles. The van der Waals surface area contributed by atoms with Gasteiger partial charge < -0.3 is 0 Å². The number of hydrogen-bond acceptors (Lipinski definition) is 3. The summed E-state index contributed by atoms with van der Waals surface area (Å²) in [7, 11) is 0. The minimum atomic E-state index is -0.321. The second kappa shape index (κ2) is 12.6. The second-order valence-corrected chi connectivity index (χ2v) is 14.6. The van der Waals surface area contributed by atoms with E-state index >= 15 is 0 Å². The zero-order valence-electron chi connectivity index (χ0n) is 30.2. The Morgan fingerprint density at radius 2 is 0.836 bits per heavy atom. The van der Waals surface area contributed by atoms with Gasteiger partial charge in [-0.25, -0.2) is 15.0 Å². The Balaban J connectivity index is 1.02. The molecule has 11 rings (SSSR count). The molecule has 0 fully saturated rings. The summed E-state index contributed by atoms with van der Waals surface area (Å²) in [5, 5.41) is 0. The van der Waals surface area contributed by atoms with Crippen molar-refractivity contribution in [3.63, 3.8) is 0 Å². The fourth-order valence-corrected chi connectivity index (χ4v) is 9.21. The zero-order valence-corrected chi connectivity index (χ0v) is 30.2. The van der Waals surface area contributed by atoms with E-state index in [1.165, 1.54) is 55.7 Å². The molecule has 8 aromatic rings. The van der Waals surface area contributed by atoms with Crippen molar-refractivity contribution in [2.75, 3.05) is 0 Å². The van der Waals surface area contributed by atoms with Crippen molar-refractivity contribution in [2.45, 2.75) is 18.3 Å². The average molecular weight is 702 g/mol. The Hall–Kier alpha value is -6.97. The third-order valence-electron chi connectivity index (χ3n) is 11.6. The summed E-state index contributed by atoms with van der Waals surface area (Å²) in [5.41, 5.74) is 18.4. The maximum absolute atomic E-state index is 5.00. The molecular weight excluding hydrogens is 667 g/mol. The maximum Gasteiger partial charge on any atom is 0.164 e. The molecule has 0 N–H and O–H groups in total. The van der Waals surface area contributed by atoms with Crippen LogP contribution in [0.4, 0.5) is 0 Å².